The number of rotatable bonds is 3. The van der Waals surface area contributed by atoms with Crippen molar-refractivity contribution in [2.24, 2.45) is 45.4 Å². The zero-order valence-electron chi connectivity index (χ0n) is 17.0. The third kappa shape index (κ3) is 2.94. The molecule has 0 aromatic rings. The quantitative estimate of drug-likeness (QED) is 0.558. The highest BCUT2D eigenvalue weighted by Crippen LogP contribution is 2.67. The SMILES string of the molecule is C[C@]12CCC(=NOCCN)C[C@@H]1CC(=C(F)F)[C@@H]1[C@@H]2CC[C@]2(C)C(=O)CC[C@@H]12. The normalized spacial score (nSPS) is 44.1. The Hall–Kier alpha value is -1.30. The molecule has 0 saturated heterocycles. The van der Waals surface area contributed by atoms with Gasteiger partial charge >= 0.3 is 0 Å². The molecule has 4 fully saturated rings. The molecule has 6 atom stereocenters. The van der Waals surface area contributed by atoms with Crippen LogP contribution in [0.2, 0.25) is 0 Å². The van der Waals surface area contributed by atoms with Crippen molar-refractivity contribution in [1.82, 2.24) is 0 Å². The molecule has 28 heavy (non-hydrogen) atoms. The molecule has 4 saturated carbocycles. The standard InChI is InChI=1S/C22H32F2N2O2/c1-21-7-5-14(26-28-10-9-25)11-13(21)12-15(20(23)24)19-16-3-4-18(27)22(16,2)8-6-17(19)21/h13,16-17,19H,3-12,25H2,1-2H3/t13-,16+,17+,19+,21+,22+/m1/s1. The summed E-state index contributed by atoms with van der Waals surface area (Å²) < 4.78 is 28.3. The molecule has 0 amide bonds. The molecule has 0 bridgehead atoms. The molecule has 4 aliphatic rings. The van der Waals surface area contributed by atoms with E-state index in [1.165, 1.54) is 0 Å². The van der Waals surface area contributed by atoms with Gasteiger partial charge in [0.25, 0.3) is 6.08 Å². The van der Waals surface area contributed by atoms with Crippen LogP contribution < -0.4 is 5.73 Å². The molecule has 6 heteroatoms. The van der Waals surface area contributed by atoms with E-state index in [2.05, 4.69) is 12.1 Å². The number of carbonyl (C=O) groups excluding carboxylic acids is 1. The Labute approximate surface area is 165 Å². The summed E-state index contributed by atoms with van der Waals surface area (Å²) in [6.07, 6.45) is 4.52. The van der Waals surface area contributed by atoms with Gasteiger partial charge in [-0.05, 0) is 79.6 Å². The van der Waals surface area contributed by atoms with Crippen molar-refractivity contribution in [2.75, 3.05) is 13.2 Å². The van der Waals surface area contributed by atoms with Crippen molar-refractivity contribution in [3.8, 4) is 0 Å². The van der Waals surface area contributed by atoms with Crippen LogP contribution in [-0.4, -0.2) is 24.6 Å². The Kier molecular flexibility index (Phi) is 5.13. The van der Waals surface area contributed by atoms with E-state index in [0.717, 1.165) is 44.2 Å². The van der Waals surface area contributed by atoms with Crippen LogP contribution in [0.5, 0.6) is 0 Å². The number of allylic oxidation sites excluding steroid dienone is 1. The fourth-order valence-electron chi connectivity index (χ4n) is 7.05. The van der Waals surface area contributed by atoms with Gasteiger partial charge in [0.05, 0.1) is 5.71 Å². The monoisotopic (exact) mass is 394 g/mol. The first-order chi connectivity index (χ1) is 13.3. The number of halogens is 2. The number of ketones is 1. The molecule has 0 spiro atoms. The number of oxime groups is 1. The lowest BCUT2D eigenvalue weighted by Crippen LogP contribution is -2.54. The van der Waals surface area contributed by atoms with Gasteiger partial charge in [0.2, 0.25) is 0 Å². The van der Waals surface area contributed by atoms with Gasteiger partial charge in [0.15, 0.2) is 0 Å². The van der Waals surface area contributed by atoms with E-state index in [9.17, 15) is 13.6 Å². The summed E-state index contributed by atoms with van der Waals surface area (Å²) in [6, 6.07) is 0. The zero-order chi connectivity index (χ0) is 20.1. The summed E-state index contributed by atoms with van der Waals surface area (Å²) in [7, 11) is 0. The number of carbonyl (C=O) groups is 1. The number of Topliss-reactive ketones (excluding diaryl/α,β-unsaturated/α-hetero) is 1. The molecule has 0 heterocycles. The molecule has 4 rings (SSSR count). The summed E-state index contributed by atoms with van der Waals surface area (Å²) in [5, 5.41) is 4.23. The predicted molar refractivity (Wildman–Crippen MR) is 104 cm³/mol. The lowest BCUT2D eigenvalue weighted by Gasteiger charge is -2.60. The number of hydrogen-bond donors (Lipinski definition) is 1. The summed E-state index contributed by atoms with van der Waals surface area (Å²) >= 11 is 0. The first kappa shape index (κ1) is 20.0. The van der Waals surface area contributed by atoms with Crippen molar-refractivity contribution < 1.29 is 18.4 Å². The molecule has 0 unspecified atom stereocenters. The van der Waals surface area contributed by atoms with E-state index >= 15 is 0 Å². The van der Waals surface area contributed by atoms with E-state index in [0.29, 0.717) is 31.6 Å². The van der Waals surface area contributed by atoms with Gasteiger partial charge in [-0.2, -0.15) is 8.78 Å². The highest BCUT2D eigenvalue weighted by Gasteiger charge is 2.62. The van der Waals surface area contributed by atoms with Crippen LogP contribution in [0.25, 0.3) is 0 Å². The van der Waals surface area contributed by atoms with Crippen LogP contribution >= 0.6 is 0 Å². The largest absolute Gasteiger partial charge is 0.395 e. The summed E-state index contributed by atoms with van der Waals surface area (Å²) in [5.74, 6) is 0.635. The molecule has 0 radical (unpaired) electrons. The minimum absolute atomic E-state index is 0.0312. The summed E-state index contributed by atoms with van der Waals surface area (Å²) in [4.78, 5) is 17.8. The van der Waals surface area contributed by atoms with Gasteiger partial charge in [0.1, 0.15) is 12.4 Å². The predicted octanol–water partition coefficient (Wildman–Crippen LogP) is 4.69. The summed E-state index contributed by atoms with van der Waals surface area (Å²) in [5.41, 5.74) is 6.39. The third-order valence-electron chi connectivity index (χ3n) is 8.71. The van der Waals surface area contributed by atoms with Gasteiger partial charge in [-0.25, -0.2) is 0 Å². The highest BCUT2D eigenvalue weighted by atomic mass is 19.3. The van der Waals surface area contributed by atoms with E-state index < -0.39 is 11.5 Å². The molecule has 0 aromatic carbocycles. The number of fused-ring (bicyclic) bond motifs is 5. The van der Waals surface area contributed by atoms with Crippen LogP contribution in [0.4, 0.5) is 8.78 Å². The Morgan fingerprint density at radius 3 is 2.68 bits per heavy atom. The Morgan fingerprint density at radius 2 is 1.96 bits per heavy atom. The minimum Gasteiger partial charge on any atom is -0.395 e. The molecular weight excluding hydrogens is 362 g/mol. The first-order valence-electron chi connectivity index (χ1n) is 10.8. The fourth-order valence-corrected chi connectivity index (χ4v) is 7.05. The molecule has 0 aromatic heterocycles. The van der Waals surface area contributed by atoms with Crippen molar-refractivity contribution in [2.45, 2.75) is 65.2 Å². The third-order valence-corrected chi connectivity index (χ3v) is 8.71. The van der Waals surface area contributed by atoms with Gasteiger partial charge < -0.3 is 10.6 Å². The smallest absolute Gasteiger partial charge is 0.269 e. The highest BCUT2D eigenvalue weighted by molar-refractivity contribution is 5.87. The van der Waals surface area contributed by atoms with Gasteiger partial charge in [-0.3, -0.25) is 4.79 Å². The maximum absolute atomic E-state index is 14.1. The molecule has 4 nitrogen and oxygen atoms in total. The van der Waals surface area contributed by atoms with Crippen LogP contribution in [0, 0.1) is 34.5 Å². The van der Waals surface area contributed by atoms with Crippen LogP contribution in [0.3, 0.4) is 0 Å². The number of nitrogens with two attached hydrogens (primary N) is 1. The van der Waals surface area contributed by atoms with Crippen molar-refractivity contribution in [3.05, 3.63) is 11.7 Å². The lowest BCUT2D eigenvalue weighted by atomic mass is 9.44. The number of hydrogen-bond acceptors (Lipinski definition) is 4. The Balaban J connectivity index is 1.65. The number of nitrogens with zero attached hydrogens (tertiary/aromatic N) is 1. The minimum atomic E-state index is -1.51. The second-order valence-electron chi connectivity index (χ2n) is 9.83. The molecule has 0 aliphatic heterocycles. The van der Waals surface area contributed by atoms with Crippen molar-refractivity contribution in [1.29, 1.82) is 0 Å². The molecular formula is C22H32F2N2O2. The van der Waals surface area contributed by atoms with Crippen molar-refractivity contribution >= 4 is 11.5 Å². The second-order valence-corrected chi connectivity index (χ2v) is 9.83. The maximum atomic E-state index is 14.1. The van der Waals surface area contributed by atoms with Crippen LogP contribution in [0.15, 0.2) is 16.8 Å². The lowest BCUT2D eigenvalue weighted by molar-refractivity contribution is -0.133. The van der Waals surface area contributed by atoms with E-state index in [-0.39, 0.29) is 34.9 Å². The van der Waals surface area contributed by atoms with E-state index in [1.54, 1.807) is 0 Å². The average molecular weight is 395 g/mol. The summed E-state index contributed by atoms with van der Waals surface area (Å²) in [6.45, 7) is 5.14. The Bertz CT molecular complexity index is 717. The molecule has 4 aliphatic carbocycles. The maximum Gasteiger partial charge on any atom is 0.269 e. The molecule has 2 N–H and O–H groups in total. The first-order valence-corrected chi connectivity index (χ1v) is 10.8. The fraction of sp³-hybridized carbons (Fsp3) is 0.818. The van der Waals surface area contributed by atoms with Gasteiger partial charge in [0, 0.05) is 18.4 Å². The second kappa shape index (κ2) is 7.19. The molecule has 156 valence electrons. The topological polar surface area (TPSA) is 64.7 Å². The van der Waals surface area contributed by atoms with Crippen molar-refractivity contribution in [3.63, 3.8) is 0 Å². The van der Waals surface area contributed by atoms with Gasteiger partial charge in [-0.15, -0.1) is 0 Å². The van der Waals surface area contributed by atoms with E-state index in [1.807, 2.05) is 6.92 Å². The zero-order valence-corrected chi connectivity index (χ0v) is 17.0. The average Bonchev–Trinajstić information content (AvgIpc) is 2.96. The Morgan fingerprint density at radius 1 is 1.18 bits per heavy atom. The van der Waals surface area contributed by atoms with Gasteiger partial charge in [-0.1, -0.05) is 19.0 Å². The van der Waals surface area contributed by atoms with Crippen LogP contribution in [0.1, 0.15) is 65.2 Å². The van der Waals surface area contributed by atoms with E-state index in [4.69, 9.17) is 10.6 Å². The van der Waals surface area contributed by atoms with Crippen LogP contribution in [-0.2, 0) is 9.63 Å².